The van der Waals surface area contributed by atoms with E-state index < -0.39 is 0 Å². The lowest BCUT2D eigenvalue weighted by atomic mass is 10.0. The number of benzene rings is 1. The number of morpholine rings is 1. The first-order valence-electron chi connectivity index (χ1n) is 9.22. The molecule has 1 saturated heterocycles. The Kier molecular flexibility index (Phi) is 6.64. The third-order valence-corrected chi connectivity index (χ3v) is 5.71. The number of fused-ring (bicyclic) bond motifs is 1. The number of thiophene rings is 1. The van der Waals surface area contributed by atoms with Crippen molar-refractivity contribution in [3.63, 3.8) is 0 Å². The van der Waals surface area contributed by atoms with Crippen LogP contribution in [0.5, 0.6) is 0 Å². The Balaban J connectivity index is 1.90. The summed E-state index contributed by atoms with van der Waals surface area (Å²) in [5, 5.41) is 4.09. The third-order valence-electron chi connectivity index (χ3n) is 4.53. The Labute approximate surface area is 159 Å². The molecule has 1 aliphatic heterocycles. The normalized spacial score (nSPS) is 18.5. The van der Waals surface area contributed by atoms with Gasteiger partial charge in [-0.15, -0.1) is 11.3 Å². The van der Waals surface area contributed by atoms with Gasteiger partial charge < -0.3 is 14.8 Å². The van der Waals surface area contributed by atoms with Gasteiger partial charge in [-0.05, 0) is 17.4 Å². The minimum absolute atomic E-state index is 0.0390. The van der Waals surface area contributed by atoms with Crippen LogP contribution in [0, 0.1) is 5.92 Å². The van der Waals surface area contributed by atoms with Crippen molar-refractivity contribution in [2.75, 3.05) is 46.5 Å². The molecule has 1 aromatic heterocycles. The van der Waals surface area contributed by atoms with E-state index in [4.69, 9.17) is 9.47 Å². The standard InChI is InChI=1S/C20H28N2O3S/c1-14(2)12-22-9-11-25-16(13-22)18-15-6-4-5-7-17(15)26-19(18)20(23)21-8-10-24-3/h4-7,14,16H,8-13H2,1-3H3,(H,21,23). The van der Waals surface area contributed by atoms with Crippen molar-refractivity contribution in [1.29, 1.82) is 0 Å². The van der Waals surface area contributed by atoms with Gasteiger partial charge in [-0.1, -0.05) is 32.0 Å². The summed E-state index contributed by atoms with van der Waals surface area (Å²) in [6.45, 7) is 9.02. The Morgan fingerprint density at radius 1 is 1.42 bits per heavy atom. The lowest BCUT2D eigenvalue weighted by molar-refractivity contribution is -0.0326. The highest BCUT2D eigenvalue weighted by molar-refractivity contribution is 7.21. The smallest absolute Gasteiger partial charge is 0.261 e. The van der Waals surface area contributed by atoms with E-state index in [-0.39, 0.29) is 12.0 Å². The minimum atomic E-state index is -0.0678. The van der Waals surface area contributed by atoms with Crippen molar-refractivity contribution in [2.45, 2.75) is 20.0 Å². The number of amides is 1. The SMILES string of the molecule is COCCNC(=O)c1sc2ccccc2c1C1CN(CC(C)C)CCO1. The zero-order valence-corrected chi connectivity index (χ0v) is 16.6. The summed E-state index contributed by atoms with van der Waals surface area (Å²) in [4.78, 5) is 16.0. The van der Waals surface area contributed by atoms with E-state index in [1.807, 2.05) is 12.1 Å². The van der Waals surface area contributed by atoms with Crippen LogP contribution in [0.15, 0.2) is 24.3 Å². The van der Waals surface area contributed by atoms with Crippen LogP contribution in [-0.2, 0) is 9.47 Å². The van der Waals surface area contributed by atoms with Crippen LogP contribution < -0.4 is 5.32 Å². The maximum atomic E-state index is 12.8. The average Bonchev–Trinajstić information content (AvgIpc) is 3.01. The van der Waals surface area contributed by atoms with Crippen molar-refractivity contribution >= 4 is 27.3 Å². The number of hydrogen-bond donors (Lipinski definition) is 1. The van der Waals surface area contributed by atoms with E-state index in [0.717, 1.165) is 40.2 Å². The van der Waals surface area contributed by atoms with Crippen LogP contribution in [0.25, 0.3) is 10.1 Å². The minimum Gasteiger partial charge on any atom is -0.383 e. The van der Waals surface area contributed by atoms with E-state index in [1.54, 1.807) is 18.4 Å². The quantitative estimate of drug-likeness (QED) is 0.754. The largest absolute Gasteiger partial charge is 0.383 e. The van der Waals surface area contributed by atoms with Gasteiger partial charge in [0.2, 0.25) is 0 Å². The molecule has 2 heterocycles. The Morgan fingerprint density at radius 2 is 2.23 bits per heavy atom. The summed E-state index contributed by atoms with van der Waals surface area (Å²) in [6.07, 6.45) is -0.0678. The molecule has 142 valence electrons. The molecule has 3 rings (SSSR count). The highest BCUT2D eigenvalue weighted by atomic mass is 32.1. The molecule has 26 heavy (non-hydrogen) atoms. The monoisotopic (exact) mass is 376 g/mol. The van der Waals surface area contributed by atoms with E-state index >= 15 is 0 Å². The predicted octanol–water partition coefficient (Wildman–Crippen LogP) is 3.31. The number of methoxy groups -OCH3 is 1. The molecule has 0 radical (unpaired) electrons. The summed E-state index contributed by atoms with van der Waals surface area (Å²) < 4.78 is 12.3. The van der Waals surface area contributed by atoms with Crippen molar-refractivity contribution in [2.24, 2.45) is 5.92 Å². The molecule has 1 aromatic carbocycles. The zero-order valence-electron chi connectivity index (χ0n) is 15.8. The van der Waals surface area contributed by atoms with Crippen LogP contribution in [0.1, 0.15) is 35.2 Å². The van der Waals surface area contributed by atoms with E-state index in [1.165, 1.54) is 0 Å². The molecule has 5 nitrogen and oxygen atoms in total. The van der Waals surface area contributed by atoms with E-state index in [2.05, 4.69) is 36.2 Å². The van der Waals surface area contributed by atoms with Gasteiger partial charge in [-0.25, -0.2) is 0 Å². The van der Waals surface area contributed by atoms with Crippen molar-refractivity contribution in [1.82, 2.24) is 10.2 Å². The number of carbonyl (C=O) groups excluding carboxylic acids is 1. The molecule has 1 atom stereocenters. The van der Waals surface area contributed by atoms with Crippen LogP contribution in [-0.4, -0.2) is 57.3 Å². The number of nitrogens with one attached hydrogen (secondary N) is 1. The predicted molar refractivity (Wildman–Crippen MR) is 106 cm³/mol. The first kappa shape index (κ1) is 19.3. The van der Waals surface area contributed by atoms with Gasteiger partial charge in [-0.3, -0.25) is 9.69 Å². The highest BCUT2D eigenvalue weighted by Crippen LogP contribution is 2.38. The maximum absolute atomic E-state index is 12.8. The van der Waals surface area contributed by atoms with Crippen molar-refractivity contribution in [3.05, 3.63) is 34.7 Å². The van der Waals surface area contributed by atoms with Gasteiger partial charge in [0.05, 0.1) is 24.2 Å². The molecule has 2 aromatic rings. The molecule has 1 amide bonds. The number of carbonyl (C=O) groups is 1. The third kappa shape index (κ3) is 4.43. The number of nitrogens with zero attached hydrogens (tertiary/aromatic N) is 1. The molecule has 1 fully saturated rings. The van der Waals surface area contributed by atoms with Gasteiger partial charge in [0.15, 0.2) is 0 Å². The summed E-state index contributed by atoms with van der Waals surface area (Å²) in [6, 6.07) is 8.21. The maximum Gasteiger partial charge on any atom is 0.261 e. The van der Waals surface area contributed by atoms with Gasteiger partial charge >= 0.3 is 0 Å². The number of rotatable bonds is 7. The summed E-state index contributed by atoms with van der Waals surface area (Å²) in [5.74, 6) is 0.576. The molecule has 1 N–H and O–H groups in total. The lowest BCUT2D eigenvalue weighted by Crippen LogP contribution is -2.40. The second-order valence-electron chi connectivity index (χ2n) is 7.10. The highest BCUT2D eigenvalue weighted by Gasteiger charge is 2.29. The fraction of sp³-hybridized carbons (Fsp3) is 0.550. The van der Waals surface area contributed by atoms with Crippen LogP contribution in [0.4, 0.5) is 0 Å². The molecule has 6 heteroatoms. The van der Waals surface area contributed by atoms with Gasteiger partial charge in [-0.2, -0.15) is 0 Å². The van der Waals surface area contributed by atoms with Crippen molar-refractivity contribution < 1.29 is 14.3 Å². The molecular formula is C20H28N2O3S. The Bertz CT molecular complexity index is 744. The molecule has 0 aliphatic carbocycles. The van der Waals surface area contributed by atoms with Gasteiger partial charge in [0.1, 0.15) is 0 Å². The first-order valence-corrected chi connectivity index (χ1v) is 10.0. The Hall–Kier alpha value is -1.47. The zero-order chi connectivity index (χ0) is 18.5. The molecular weight excluding hydrogens is 348 g/mol. The molecule has 0 bridgehead atoms. The topological polar surface area (TPSA) is 50.8 Å². The lowest BCUT2D eigenvalue weighted by Gasteiger charge is -2.34. The van der Waals surface area contributed by atoms with Gasteiger partial charge in [0, 0.05) is 43.6 Å². The summed E-state index contributed by atoms with van der Waals surface area (Å²) in [7, 11) is 1.64. The molecule has 0 saturated carbocycles. The number of hydrogen-bond acceptors (Lipinski definition) is 5. The van der Waals surface area contributed by atoms with Gasteiger partial charge in [0.25, 0.3) is 5.91 Å². The van der Waals surface area contributed by atoms with Crippen molar-refractivity contribution in [3.8, 4) is 0 Å². The van der Waals surface area contributed by atoms with E-state index in [0.29, 0.717) is 25.7 Å². The molecule has 1 unspecified atom stereocenters. The summed E-state index contributed by atoms with van der Waals surface area (Å²) in [5.41, 5.74) is 1.04. The molecule has 1 aliphatic rings. The second kappa shape index (κ2) is 8.95. The number of ether oxygens (including phenoxy) is 2. The summed E-state index contributed by atoms with van der Waals surface area (Å²) >= 11 is 1.55. The fourth-order valence-corrected chi connectivity index (χ4v) is 4.63. The van der Waals surface area contributed by atoms with Crippen LogP contribution >= 0.6 is 11.3 Å². The molecule has 0 spiro atoms. The second-order valence-corrected chi connectivity index (χ2v) is 8.15. The first-order chi connectivity index (χ1) is 12.6. The van der Waals surface area contributed by atoms with E-state index in [9.17, 15) is 4.79 Å². The Morgan fingerprint density at radius 3 is 3.00 bits per heavy atom. The van der Waals surface area contributed by atoms with Crippen LogP contribution in [0.3, 0.4) is 0 Å². The fourth-order valence-electron chi connectivity index (χ4n) is 3.46. The average molecular weight is 377 g/mol. The van der Waals surface area contributed by atoms with Crippen LogP contribution in [0.2, 0.25) is 0 Å².